The van der Waals surface area contributed by atoms with E-state index in [9.17, 15) is 33.4 Å². The average molecular weight is 411 g/mol. The Kier molecular flexibility index (Phi) is 7.63. The van der Waals surface area contributed by atoms with Crippen LogP contribution in [0.3, 0.4) is 0 Å². The Labute approximate surface area is 131 Å². The van der Waals surface area contributed by atoms with Crippen LogP contribution in [0.5, 0.6) is 0 Å². The maximum absolute atomic E-state index is 10.5. The summed E-state index contributed by atoms with van der Waals surface area (Å²) in [5.41, 5.74) is 0. The van der Waals surface area contributed by atoms with Crippen molar-refractivity contribution in [3.05, 3.63) is 0 Å². The van der Waals surface area contributed by atoms with Crippen LogP contribution in [0, 0.1) is 0 Å². The second-order valence-corrected chi connectivity index (χ2v) is 10.7. The fraction of sp³-hybridized carbons (Fsp3) is 1.00. The van der Waals surface area contributed by atoms with Crippen LogP contribution < -0.4 is 0 Å². The molecular formula is C10H20O10SSe. The van der Waals surface area contributed by atoms with Gasteiger partial charge >= 0.3 is 131 Å². The predicted molar refractivity (Wildman–Crippen MR) is 71.9 cm³/mol. The van der Waals surface area contributed by atoms with Crippen molar-refractivity contribution in [1.82, 2.24) is 0 Å². The van der Waals surface area contributed by atoms with Crippen molar-refractivity contribution in [3.8, 4) is 0 Å². The van der Waals surface area contributed by atoms with E-state index in [4.69, 9.17) is 10.2 Å². The van der Waals surface area contributed by atoms with Gasteiger partial charge in [0, 0.05) is 0 Å². The topological polar surface area (TPSA) is 188 Å². The van der Waals surface area contributed by atoms with E-state index < -0.39 is 72.8 Å². The number of hydrogen-bond donors (Lipinski definition) is 6. The molecular weight excluding hydrogens is 391 g/mol. The predicted octanol–water partition coefficient (Wildman–Crippen LogP) is -3.86. The third-order valence-corrected chi connectivity index (χ3v) is 9.87. The molecule has 10 nitrogen and oxygen atoms in total. The molecule has 0 radical (unpaired) electrons. The van der Waals surface area contributed by atoms with Gasteiger partial charge in [0.2, 0.25) is 0 Å². The van der Waals surface area contributed by atoms with Crippen LogP contribution in [0.2, 0.25) is 15.5 Å². The Hall–Kier alpha value is 0.149. The van der Waals surface area contributed by atoms with Crippen molar-refractivity contribution in [2.45, 2.75) is 46.0 Å². The van der Waals surface area contributed by atoms with Gasteiger partial charge in [-0.2, -0.15) is 0 Å². The van der Waals surface area contributed by atoms with Crippen molar-refractivity contribution >= 4 is 24.3 Å². The van der Waals surface area contributed by atoms with Crippen LogP contribution in [-0.2, 0) is 14.6 Å². The minimum atomic E-state index is -5.11. The van der Waals surface area contributed by atoms with Gasteiger partial charge < -0.3 is 0 Å². The number of rotatable bonds is 8. The summed E-state index contributed by atoms with van der Waals surface area (Å²) in [6.45, 7) is -1.56. The number of hydrogen-bond acceptors (Lipinski definition) is 10. The summed E-state index contributed by atoms with van der Waals surface area (Å²) in [5, 5.41) is 57.1. The Morgan fingerprint density at radius 2 is 1.82 bits per heavy atom. The van der Waals surface area contributed by atoms with Gasteiger partial charge in [-0.3, -0.25) is 0 Å². The second kappa shape index (κ2) is 8.31. The first-order valence-corrected chi connectivity index (χ1v) is 11.1. The Morgan fingerprint density at radius 1 is 1.23 bits per heavy atom. The molecule has 1 unspecified atom stereocenters. The van der Waals surface area contributed by atoms with Gasteiger partial charge in [0.15, 0.2) is 0 Å². The summed E-state index contributed by atoms with van der Waals surface area (Å²) in [6, 6.07) is 0. The summed E-state index contributed by atoms with van der Waals surface area (Å²) in [4.78, 5) is -0.821. The molecule has 22 heavy (non-hydrogen) atoms. The van der Waals surface area contributed by atoms with Crippen molar-refractivity contribution in [1.29, 1.82) is 0 Å². The first-order chi connectivity index (χ1) is 10.1. The molecule has 1 fully saturated rings. The Morgan fingerprint density at radius 3 is 2.27 bits per heavy atom. The summed E-state index contributed by atoms with van der Waals surface area (Å²) < 4.78 is 35.6. The van der Waals surface area contributed by atoms with Crippen LogP contribution in [0.4, 0.5) is 0 Å². The Bertz CT molecular complexity index is 445. The van der Waals surface area contributed by atoms with E-state index in [0.29, 0.717) is 0 Å². The fourth-order valence-electron chi connectivity index (χ4n) is 2.27. The van der Waals surface area contributed by atoms with Gasteiger partial charge in [-0.25, -0.2) is 0 Å². The SMILES string of the molecule is O=S(=O)([O-])O[C@@H](CO)[C@H](O)C[Se+]1C[C@@H](O)[C@@H](O)[C@@H]1[C@@H](O)CO. The molecule has 0 spiro atoms. The zero-order valence-corrected chi connectivity index (χ0v) is 14.0. The van der Waals surface area contributed by atoms with Gasteiger partial charge in [0.25, 0.3) is 0 Å². The first kappa shape index (κ1) is 20.2. The number of aliphatic hydroxyl groups excluding tert-OH is 6. The van der Waals surface area contributed by atoms with E-state index >= 15 is 0 Å². The van der Waals surface area contributed by atoms with Crippen LogP contribution >= 0.6 is 0 Å². The zero-order chi connectivity index (χ0) is 17.1. The summed E-state index contributed by atoms with van der Waals surface area (Å²) >= 11 is -2.08. The van der Waals surface area contributed by atoms with Gasteiger partial charge in [-0.15, -0.1) is 0 Å². The molecule has 7 atom stereocenters. The molecule has 1 rings (SSSR count). The molecule has 132 valence electrons. The Balaban J connectivity index is 2.77. The minimum absolute atomic E-state index is 0.113. The molecule has 0 aromatic carbocycles. The summed E-state index contributed by atoms with van der Waals surface area (Å²) in [7, 11) is -5.11. The number of aliphatic hydroxyl groups is 6. The molecule has 0 amide bonds. The normalized spacial score (nSPS) is 33.6. The van der Waals surface area contributed by atoms with Crippen LogP contribution in [0.15, 0.2) is 0 Å². The van der Waals surface area contributed by atoms with Crippen LogP contribution in [-0.4, -0.2) is 101 Å². The van der Waals surface area contributed by atoms with Gasteiger partial charge in [-0.05, 0) is 0 Å². The molecule has 12 heteroatoms. The van der Waals surface area contributed by atoms with Crippen LogP contribution in [0.1, 0.15) is 0 Å². The third kappa shape index (κ3) is 5.35. The molecule has 1 aliphatic rings. The summed E-state index contributed by atoms with van der Waals surface area (Å²) in [5.74, 6) is 0. The monoisotopic (exact) mass is 412 g/mol. The van der Waals surface area contributed by atoms with Crippen molar-refractivity contribution in [2.75, 3.05) is 13.2 Å². The van der Waals surface area contributed by atoms with E-state index in [1.54, 1.807) is 0 Å². The van der Waals surface area contributed by atoms with Crippen LogP contribution in [0.25, 0.3) is 0 Å². The second-order valence-electron chi connectivity index (χ2n) is 4.94. The zero-order valence-electron chi connectivity index (χ0n) is 11.4. The molecule has 1 heterocycles. The van der Waals surface area contributed by atoms with Gasteiger partial charge in [0.05, 0.1) is 0 Å². The summed E-state index contributed by atoms with van der Waals surface area (Å²) in [6.07, 6.45) is -6.87. The van der Waals surface area contributed by atoms with E-state index in [0.717, 1.165) is 0 Å². The van der Waals surface area contributed by atoms with E-state index in [1.165, 1.54) is 0 Å². The first-order valence-electron chi connectivity index (χ1n) is 6.35. The standard InChI is InChI=1S/C10H20O10SSe/c11-1-5(13)10-9(16)7(15)4-22(10)3-6(14)8(2-12)20-21(17,18)19/h5-16H,1-4H2/t5-,6+,7+,8-,9+,10-,22?/m0/s1. The quantitative estimate of drug-likeness (QED) is 0.131. The molecule has 0 aliphatic carbocycles. The molecule has 1 saturated heterocycles. The van der Waals surface area contributed by atoms with Gasteiger partial charge in [0.1, 0.15) is 0 Å². The maximum atomic E-state index is 10.5. The van der Waals surface area contributed by atoms with Crippen molar-refractivity contribution < 1.29 is 47.8 Å². The third-order valence-electron chi connectivity index (χ3n) is 3.30. The molecule has 0 aromatic rings. The van der Waals surface area contributed by atoms with E-state index in [1.807, 2.05) is 0 Å². The van der Waals surface area contributed by atoms with Crippen molar-refractivity contribution in [3.63, 3.8) is 0 Å². The molecule has 0 saturated carbocycles. The van der Waals surface area contributed by atoms with Gasteiger partial charge in [-0.1, -0.05) is 0 Å². The van der Waals surface area contributed by atoms with E-state index in [2.05, 4.69) is 4.18 Å². The molecule has 1 aliphatic heterocycles. The molecule has 6 N–H and O–H groups in total. The molecule has 0 bridgehead atoms. The van der Waals surface area contributed by atoms with E-state index in [-0.39, 0.29) is 10.6 Å². The average Bonchev–Trinajstić information content (AvgIpc) is 2.69. The fourth-order valence-corrected chi connectivity index (χ4v) is 9.01. The molecule has 0 aromatic heterocycles. The van der Waals surface area contributed by atoms with Crippen molar-refractivity contribution in [2.24, 2.45) is 0 Å².